The summed E-state index contributed by atoms with van der Waals surface area (Å²) >= 11 is 1.72. The average Bonchev–Trinajstić information content (AvgIpc) is 3.12. The second kappa shape index (κ2) is 10.7. The quantitative estimate of drug-likeness (QED) is 0.377. The summed E-state index contributed by atoms with van der Waals surface area (Å²) in [5.41, 5.74) is 1.10. The molecular formula is C16H27IN6S. The molecule has 1 atom stereocenters. The van der Waals surface area contributed by atoms with Gasteiger partial charge in [-0.25, -0.2) is 9.98 Å². The van der Waals surface area contributed by atoms with E-state index in [9.17, 15) is 0 Å². The zero-order valence-electron chi connectivity index (χ0n) is 14.7. The second-order valence-corrected chi connectivity index (χ2v) is 6.95. The third kappa shape index (κ3) is 6.76. The number of nitrogens with one attached hydrogen (secondary N) is 2. The highest BCUT2D eigenvalue weighted by molar-refractivity contribution is 14.0. The van der Waals surface area contributed by atoms with Crippen molar-refractivity contribution in [1.29, 1.82) is 0 Å². The lowest BCUT2D eigenvalue weighted by Gasteiger charge is -2.15. The Kier molecular flexibility index (Phi) is 9.27. The van der Waals surface area contributed by atoms with Gasteiger partial charge in [-0.3, -0.25) is 4.68 Å². The average molecular weight is 462 g/mol. The Balaban J connectivity index is 0.00000288. The summed E-state index contributed by atoms with van der Waals surface area (Å²) < 4.78 is 1.96. The van der Waals surface area contributed by atoms with Crippen LogP contribution in [0.2, 0.25) is 0 Å². The standard InChI is InChI=1S/C16H26N6S.HI/c1-5-17-16(19-10-15-21-13(3)14(4)23-15)18-9-12(2)11-22-8-6-7-20-22;/h6-8,12H,5,9-11H2,1-4H3,(H2,17,18,19);1H. The summed E-state index contributed by atoms with van der Waals surface area (Å²) in [5, 5.41) is 12.0. The van der Waals surface area contributed by atoms with Gasteiger partial charge in [0.1, 0.15) is 5.01 Å². The molecule has 2 aromatic heterocycles. The van der Waals surface area contributed by atoms with Crippen LogP contribution in [-0.4, -0.2) is 33.8 Å². The summed E-state index contributed by atoms with van der Waals surface area (Å²) in [6.45, 7) is 11.6. The van der Waals surface area contributed by atoms with E-state index in [0.717, 1.165) is 36.3 Å². The maximum Gasteiger partial charge on any atom is 0.191 e. The van der Waals surface area contributed by atoms with Gasteiger partial charge in [0, 0.05) is 36.9 Å². The predicted octanol–water partition coefficient (Wildman–Crippen LogP) is 2.97. The molecule has 0 saturated heterocycles. The van der Waals surface area contributed by atoms with Crippen LogP contribution >= 0.6 is 35.3 Å². The first kappa shape index (κ1) is 20.9. The zero-order valence-corrected chi connectivity index (χ0v) is 17.9. The molecule has 0 aliphatic heterocycles. The number of rotatable bonds is 7. The Bertz CT molecular complexity index is 603. The highest BCUT2D eigenvalue weighted by Gasteiger charge is 2.06. The lowest BCUT2D eigenvalue weighted by molar-refractivity contribution is 0.443. The summed E-state index contributed by atoms with van der Waals surface area (Å²) in [4.78, 5) is 10.4. The molecule has 0 saturated carbocycles. The van der Waals surface area contributed by atoms with Crippen molar-refractivity contribution >= 4 is 41.3 Å². The number of aromatic nitrogens is 3. The third-order valence-electron chi connectivity index (χ3n) is 3.47. The van der Waals surface area contributed by atoms with Crippen LogP contribution in [-0.2, 0) is 13.1 Å². The van der Waals surface area contributed by atoms with Gasteiger partial charge >= 0.3 is 0 Å². The summed E-state index contributed by atoms with van der Waals surface area (Å²) in [6, 6.07) is 1.95. The molecule has 0 radical (unpaired) electrons. The topological polar surface area (TPSA) is 67.1 Å². The number of halogens is 1. The lowest BCUT2D eigenvalue weighted by atomic mass is 10.2. The Morgan fingerprint density at radius 2 is 2.17 bits per heavy atom. The van der Waals surface area contributed by atoms with Gasteiger partial charge in [-0.15, -0.1) is 35.3 Å². The van der Waals surface area contributed by atoms with E-state index < -0.39 is 0 Å². The van der Waals surface area contributed by atoms with Crippen molar-refractivity contribution in [2.45, 2.75) is 40.8 Å². The fraction of sp³-hybridized carbons (Fsp3) is 0.562. The van der Waals surface area contributed by atoms with Gasteiger partial charge in [0.25, 0.3) is 0 Å². The number of hydrogen-bond donors (Lipinski definition) is 2. The molecule has 2 aromatic rings. The molecule has 24 heavy (non-hydrogen) atoms. The smallest absolute Gasteiger partial charge is 0.191 e. The van der Waals surface area contributed by atoms with Crippen LogP contribution in [0.3, 0.4) is 0 Å². The molecule has 0 amide bonds. The minimum Gasteiger partial charge on any atom is -0.357 e. The van der Waals surface area contributed by atoms with Crippen LogP contribution in [0.4, 0.5) is 0 Å². The zero-order chi connectivity index (χ0) is 16.7. The summed E-state index contributed by atoms with van der Waals surface area (Å²) in [7, 11) is 0. The molecule has 1 unspecified atom stereocenters. The Hall–Kier alpha value is -1.16. The van der Waals surface area contributed by atoms with Gasteiger partial charge in [0.15, 0.2) is 5.96 Å². The fourth-order valence-corrected chi connectivity index (χ4v) is 3.02. The van der Waals surface area contributed by atoms with E-state index in [1.165, 1.54) is 4.88 Å². The molecule has 0 aliphatic carbocycles. The molecule has 0 fully saturated rings. The van der Waals surface area contributed by atoms with E-state index in [1.807, 2.05) is 30.1 Å². The van der Waals surface area contributed by atoms with E-state index in [2.05, 4.69) is 46.5 Å². The Labute approximate surface area is 165 Å². The number of guanidine groups is 1. The lowest BCUT2D eigenvalue weighted by Crippen LogP contribution is -2.40. The van der Waals surface area contributed by atoms with Crippen molar-refractivity contribution in [3.05, 3.63) is 34.0 Å². The predicted molar refractivity (Wildman–Crippen MR) is 111 cm³/mol. The molecule has 2 heterocycles. The maximum atomic E-state index is 4.63. The minimum atomic E-state index is 0. The first-order valence-electron chi connectivity index (χ1n) is 8.01. The number of hydrogen-bond acceptors (Lipinski definition) is 4. The molecule has 2 rings (SSSR count). The van der Waals surface area contributed by atoms with Crippen LogP contribution in [0.1, 0.15) is 29.4 Å². The molecule has 134 valence electrons. The number of nitrogens with zero attached hydrogens (tertiary/aromatic N) is 4. The van der Waals surface area contributed by atoms with Crippen LogP contribution in [0.15, 0.2) is 23.5 Å². The molecule has 0 aromatic carbocycles. The Morgan fingerprint density at radius 3 is 2.75 bits per heavy atom. The molecular weight excluding hydrogens is 435 g/mol. The van der Waals surface area contributed by atoms with Crippen molar-refractivity contribution in [2.24, 2.45) is 10.9 Å². The van der Waals surface area contributed by atoms with Gasteiger partial charge in [-0.05, 0) is 32.8 Å². The molecule has 2 N–H and O–H groups in total. The van der Waals surface area contributed by atoms with Crippen molar-refractivity contribution in [1.82, 2.24) is 25.4 Å². The first-order valence-corrected chi connectivity index (χ1v) is 8.82. The molecule has 8 heteroatoms. The fourth-order valence-electron chi connectivity index (χ4n) is 2.16. The molecule has 0 spiro atoms. The van der Waals surface area contributed by atoms with E-state index in [-0.39, 0.29) is 24.0 Å². The molecule has 0 bridgehead atoms. The summed E-state index contributed by atoms with van der Waals surface area (Å²) in [5.74, 6) is 1.30. The number of aryl methyl sites for hydroxylation is 2. The SMILES string of the molecule is CCNC(=NCc1nc(C)c(C)s1)NCC(C)Cn1cccn1.I. The van der Waals surface area contributed by atoms with Gasteiger partial charge in [-0.1, -0.05) is 6.92 Å². The maximum absolute atomic E-state index is 4.63. The van der Waals surface area contributed by atoms with Crippen molar-refractivity contribution in [2.75, 3.05) is 13.1 Å². The Morgan fingerprint density at radius 1 is 1.38 bits per heavy atom. The van der Waals surface area contributed by atoms with Gasteiger partial charge in [-0.2, -0.15) is 5.10 Å². The normalized spacial score (nSPS) is 12.6. The van der Waals surface area contributed by atoms with Crippen LogP contribution in [0.25, 0.3) is 0 Å². The minimum absolute atomic E-state index is 0. The van der Waals surface area contributed by atoms with Crippen molar-refractivity contribution < 1.29 is 0 Å². The largest absolute Gasteiger partial charge is 0.357 e. The molecule has 6 nitrogen and oxygen atoms in total. The second-order valence-electron chi connectivity index (χ2n) is 5.66. The first-order chi connectivity index (χ1) is 11.1. The molecule has 0 aliphatic rings. The number of thiazole rings is 1. The highest BCUT2D eigenvalue weighted by Crippen LogP contribution is 2.16. The number of aliphatic imine (C=N–C) groups is 1. The summed E-state index contributed by atoms with van der Waals surface area (Å²) in [6.07, 6.45) is 3.80. The van der Waals surface area contributed by atoms with Crippen LogP contribution in [0, 0.1) is 19.8 Å². The van der Waals surface area contributed by atoms with Gasteiger partial charge < -0.3 is 10.6 Å². The van der Waals surface area contributed by atoms with Crippen LogP contribution in [0.5, 0.6) is 0 Å². The van der Waals surface area contributed by atoms with Gasteiger partial charge in [0.2, 0.25) is 0 Å². The van der Waals surface area contributed by atoms with Crippen molar-refractivity contribution in [3.8, 4) is 0 Å². The van der Waals surface area contributed by atoms with E-state index >= 15 is 0 Å². The van der Waals surface area contributed by atoms with E-state index in [0.29, 0.717) is 12.5 Å². The third-order valence-corrected chi connectivity index (χ3v) is 4.52. The highest BCUT2D eigenvalue weighted by atomic mass is 127. The van der Waals surface area contributed by atoms with E-state index in [1.54, 1.807) is 11.3 Å². The van der Waals surface area contributed by atoms with Gasteiger partial charge in [0.05, 0.1) is 12.2 Å². The monoisotopic (exact) mass is 462 g/mol. The van der Waals surface area contributed by atoms with Crippen LogP contribution < -0.4 is 10.6 Å². The van der Waals surface area contributed by atoms with Crippen molar-refractivity contribution in [3.63, 3.8) is 0 Å². The van der Waals surface area contributed by atoms with E-state index in [4.69, 9.17) is 0 Å².